The smallest absolute Gasteiger partial charge is 0.159 e. The molecule has 0 spiro atoms. The second kappa shape index (κ2) is 11.9. The highest BCUT2D eigenvalue weighted by Crippen LogP contribution is 2.43. The monoisotopic (exact) mass is 652 g/mol. The average molecular weight is 653 g/mol. The van der Waals surface area contributed by atoms with E-state index in [1.807, 2.05) is 12.1 Å². The summed E-state index contributed by atoms with van der Waals surface area (Å²) in [5.41, 5.74) is 13.2. The molecule has 0 amide bonds. The van der Waals surface area contributed by atoms with Crippen molar-refractivity contribution in [2.24, 2.45) is 0 Å². The lowest BCUT2D eigenvalue weighted by Gasteiger charge is -2.25. The number of hydrogen-bond donors (Lipinski definition) is 0. The van der Waals surface area contributed by atoms with Gasteiger partial charge in [-0.05, 0) is 77.4 Å². The summed E-state index contributed by atoms with van der Waals surface area (Å²) < 4.78 is 8.90. The Morgan fingerprint density at radius 2 is 0.980 bits per heavy atom. The molecule has 51 heavy (non-hydrogen) atoms. The first-order valence-electron chi connectivity index (χ1n) is 17.4. The fraction of sp³-hybridized carbons (Fsp3) is 0. The minimum absolute atomic E-state index is 0.876. The molecular weight excluding hydrogens is 621 g/mol. The topological polar surface area (TPSA) is 21.3 Å². The largest absolute Gasteiger partial charge is 0.454 e. The van der Waals surface area contributed by atoms with Gasteiger partial charge < -0.3 is 13.9 Å². The molecule has 240 valence electrons. The van der Waals surface area contributed by atoms with Crippen LogP contribution in [0.4, 0.5) is 17.1 Å². The predicted molar refractivity (Wildman–Crippen MR) is 214 cm³/mol. The van der Waals surface area contributed by atoms with Gasteiger partial charge in [0.1, 0.15) is 5.58 Å². The van der Waals surface area contributed by atoms with E-state index in [1.165, 1.54) is 44.2 Å². The van der Waals surface area contributed by atoms with Gasteiger partial charge in [0.25, 0.3) is 0 Å². The normalized spacial score (nSPS) is 11.5. The van der Waals surface area contributed by atoms with Crippen LogP contribution in [0.3, 0.4) is 0 Å². The summed E-state index contributed by atoms with van der Waals surface area (Å²) in [6.45, 7) is 0. The van der Waals surface area contributed by atoms with Gasteiger partial charge in [-0.2, -0.15) is 0 Å². The Labute approximate surface area is 295 Å². The number of fused-ring (bicyclic) bond motifs is 6. The molecule has 0 unspecified atom stereocenters. The van der Waals surface area contributed by atoms with Crippen LogP contribution in [0, 0.1) is 0 Å². The van der Waals surface area contributed by atoms with E-state index in [0.717, 1.165) is 44.6 Å². The molecule has 0 saturated carbocycles. The molecule has 8 aromatic carbocycles. The zero-order valence-corrected chi connectivity index (χ0v) is 27.8. The molecule has 0 aliphatic carbocycles. The van der Waals surface area contributed by atoms with Crippen molar-refractivity contribution in [3.63, 3.8) is 0 Å². The molecule has 0 radical (unpaired) electrons. The first-order chi connectivity index (χ1) is 25.3. The maximum absolute atomic E-state index is 6.50. The van der Waals surface area contributed by atoms with Gasteiger partial charge in [0.2, 0.25) is 0 Å². The highest BCUT2D eigenvalue weighted by Gasteiger charge is 2.20. The minimum Gasteiger partial charge on any atom is -0.454 e. The van der Waals surface area contributed by atoms with E-state index < -0.39 is 0 Å². The third-order valence-electron chi connectivity index (χ3n) is 10.00. The van der Waals surface area contributed by atoms with Crippen molar-refractivity contribution < 1.29 is 4.42 Å². The van der Waals surface area contributed by atoms with Crippen LogP contribution >= 0.6 is 0 Å². The molecule has 2 aromatic heterocycles. The molecule has 0 N–H and O–H groups in total. The Balaban J connectivity index is 1.06. The Morgan fingerprint density at radius 3 is 1.76 bits per heavy atom. The number of nitrogens with zero attached hydrogens (tertiary/aromatic N) is 2. The molecule has 10 aromatic rings. The van der Waals surface area contributed by atoms with Gasteiger partial charge in [-0.25, -0.2) is 0 Å². The summed E-state index contributed by atoms with van der Waals surface area (Å²) >= 11 is 0. The fourth-order valence-electron chi connectivity index (χ4n) is 7.68. The van der Waals surface area contributed by atoms with E-state index in [1.54, 1.807) is 0 Å². The third-order valence-corrected chi connectivity index (χ3v) is 10.00. The van der Waals surface area contributed by atoms with Crippen LogP contribution in [-0.2, 0) is 0 Å². The van der Waals surface area contributed by atoms with Crippen molar-refractivity contribution in [2.75, 3.05) is 4.90 Å². The molecule has 0 aliphatic heterocycles. The summed E-state index contributed by atoms with van der Waals surface area (Å²) in [7, 11) is 0. The van der Waals surface area contributed by atoms with Crippen LogP contribution in [0.1, 0.15) is 0 Å². The van der Waals surface area contributed by atoms with E-state index in [0.29, 0.717) is 0 Å². The van der Waals surface area contributed by atoms with Gasteiger partial charge in [-0.3, -0.25) is 0 Å². The number of hydrogen-bond acceptors (Lipinski definition) is 2. The highest BCUT2D eigenvalue weighted by atomic mass is 16.3. The molecule has 3 nitrogen and oxygen atoms in total. The second-order valence-corrected chi connectivity index (χ2v) is 12.9. The van der Waals surface area contributed by atoms with Crippen molar-refractivity contribution in [1.29, 1.82) is 0 Å². The Hall–Kier alpha value is -6.84. The Kier molecular flexibility index (Phi) is 6.81. The van der Waals surface area contributed by atoms with Crippen LogP contribution < -0.4 is 4.90 Å². The lowest BCUT2D eigenvalue weighted by molar-refractivity contribution is 0.669. The molecular formula is C48H32N2O. The fourth-order valence-corrected chi connectivity index (χ4v) is 7.68. The number of anilines is 3. The van der Waals surface area contributed by atoms with Crippen molar-refractivity contribution >= 4 is 60.8 Å². The van der Waals surface area contributed by atoms with Gasteiger partial charge in [-0.1, -0.05) is 133 Å². The summed E-state index contributed by atoms with van der Waals surface area (Å²) in [5.74, 6) is 0. The third kappa shape index (κ3) is 4.82. The van der Waals surface area contributed by atoms with Gasteiger partial charge in [0, 0.05) is 38.5 Å². The highest BCUT2D eigenvalue weighted by molar-refractivity contribution is 6.11. The van der Waals surface area contributed by atoms with E-state index in [4.69, 9.17) is 4.42 Å². The van der Waals surface area contributed by atoms with Crippen LogP contribution in [0.5, 0.6) is 0 Å². The number of para-hydroxylation sites is 6. The van der Waals surface area contributed by atoms with Gasteiger partial charge >= 0.3 is 0 Å². The number of furan rings is 1. The average Bonchev–Trinajstić information content (AvgIpc) is 3.75. The summed E-state index contributed by atoms with van der Waals surface area (Å²) in [5, 5.41) is 4.76. The molecule has 0 bridgehead atoms. The SMILES string of the molecule is c1ccc(N(c2ccc(-c3cccc(-c4ccccc4-n4c5ccccc5c5ccccc54)c3)cc2)c2cccc3c2oc2ccccc23)cc1. The van der Waals surface area contributed by atoms with Crippen LogP contribution in [0.25, 0.3) is 71.7 Å². The molecule has 0 saturated heterocycles. The molecule has 0 aliphatic rings. The first kappa shape index (κ1) is 29.1. The van der Waals surface area contributed by atoms with E-state index in [2.05, 4.69) is 191 Å². The lowest BCUT2D eigenvalue weighted by atomic mass is 9.97. The standard InChI is InChI=1S/C48H32N2O/c1-2-16-36(17-3-1)49(46-26-13-22-42-41-21-7-11-27-47(41)51-48(42)46)37-30-28-33(29-31-37)34-14-12-15-35(32-34)38-18-4-8-23-43(38)50-44-24-9-5-19-39(44)40-20-6-10-25-45(40)50/h1-32H. The van der Waals surface area contributed by atoms with Gasteiger partial charge in [0.15, 0.2) is 5.58 Å². The van der Waals surface area contributed by atoms with Gasteiger partial charge in [-0.15, -0.1) is 0 Å². The lowest BCUT2D eigenvalue weighted by Crippen LogP contribution is -2.10. The van der Waals surface area contributed by atoms with E-state index in [-0.39, 0.29) is 0 Å². The summed E-state index contributed by atoms with van der Waals surface area (Å²) in [6, 6.07) is 69.0. The molecule has 0 atom stereocenters. The number of rotatable bonds is 6. The maximum Gasteiger partial charge on any atom is 0.159 e. The Morgan fingerprint density at radius 1 is 0.392 bits per heavy atom. The number of benzene rings is 8. The second-order valence-electron chi connectivity index (χ2n) is 12.9. The summed E-state index contributed by atoms with van der Waals surface area (Å²) in [4.78, 5) is 2.28. The number of aromatic nitrogens is 1. The van der Waals surface area contributed by atoms with Gasteiger partial charge in [0.05, 0.1) is 22.4 Å². The van der Waals surface area contributed by atoms with Crippen LogP contribution in [0.2, 0.25) is 0 Å². The van der Waals surface area contributed by atoms with Crippen molar-refractivity contribution in [1.82, 2.24) is 4.57 Å². The first-order valence-corrected chi connectivity index (χ1v) is 17.4. The molecule has 0 fully saturated rings. The minimum atomic E-state index is 0.876. The maximum atomic E-state index is 6.50. The molecule has 10 rings (SSSR count). The predicted octanol–water partition coefficient (Wildman–Crippen LogP) is 13.5. The van der Waals surface area contributed by atoms with Crippen molar-refractivity contribution in [3.05, 3.63) is 194 Å². The Bertz CT molecular complexity index is 2810. The zero-order chi connectivity index (χ0) is 33.7. The van der Waals surface area contributed by atoms with E-state index in [9.17, 15) is 0 Å². The van der Waals surface area contributed by atoms with E-state index >= 15 is 0 Å². The quantitative estimate of drug-likeness (QED) is 0.178. The van der Waals surface area contributed by atoms with Crippen LogP contribution in [-0.4, -0.2) is 4.57 Å². The zero-order valence-electron chi connectivity index (χ0n) is 27.8. The van der Waals surface area contributed by atoms with Crippen molar-refractivity contribution in [3.8, 4) is 27.9 Å². The van der Waals surface area contributed by atoms with Crippen LogP contribution in [0.15, 0.2) is 199 Å². The van der Waals surface area contributed by atoms with Crippen molar-refractivity contribution in [2.45, 2.75) is 0 Å². The molecule has 2 heterocycles. The summed E-state index contributed by atoms with van der Waals surface area (Å²) in [6.07, 6.45) is 0. The molecule has 3 heteroatoms.